The van der Waals surface area contributed by atoms with E-state index in [1.165, 1.54) is 6.08 Å². The van der Waals surface area contributed by atoms with Crippen molar-refractivity contribution in [1.29, 1.82) is 0 Å². The summed E-state index contributed by atoms with van der Waals surface area (Å²) in [7, 11) is 0. The van der Waals surface area contributed by atoms with Crippen molar-refractivity contribution in [2.24, 2.45) is 16.9 Å². The molecule has 140 valence electrons. The van der Waals surface area contributed by atoms with Gasteiger partial charge in [0.1, 0.15) is 0 Å². The first-order valence-corrected chi connectivity index (χ1v) is 8.96. The van der Waals surface area contributed by atoms with E-state index >= 15 is 0 Å². The van der Waals surface area contributed by atoms with Gasteiger partial charge in [-0.25, -0.2) is 0 Å². The molecule has 3 rings (SSSR count). The van der Waals surface area contributed by atoms with Gasteiger partial charge in [0.25, 0.3) is 0 Å². The van der Waals surface area contributed by atoms with E-state index in [0.717, 1.165) is 5.57 Å². The molecule has 0 saturated heterocycles. The Kier molecular flexibility index (Phi) is 5.56. The summed E-state index contributed by atoms with van der Waals surface area (Å²) in [5.74, 6) is -2.63. The molecular formula is C20H19ClN2O4. The number of ketones is 2. The number of Topliss-reactive ketones (excluding diaryl/α,β-unsaturated/α-hetero) is 1. The van der Waals surface area contributed by atoms with E-state index < -0.39 is 17.8 Å². The number of carbonyl (C=O) groups excluding carboxylic acids is 2. The van der Waals surface area contributed by atoms with Gasteiger partial charge >= 0.3 is 5.97 Å². The van der Waals surface area contributed by atoms with E-state index in [9.17, 15) is 19.5 Å². The van der Waals surface area contributed by atoms with E-state index in [1.54, 1.807) is 35.5 Å². The Hall–Kier alpha value is -2.73. The Morgan fingerprint density at radius 3 is 2.63 bits per heavy atom. The molecule has 1 heterocycles. The van der Waals surface area contributed by atoms with Gasteiger partial charge in [0.2, 0.25) is 0 Å². The van der Waals surface area contributed by atoms with E-state index in [0.29, 0.717) is 29.2 Å². The van der Waals surface area contributed by atoms with Gasteiger partial charge in [-0.3, -0.25) is 19.4 Å². The third-order valence-electron chi connectivity index (χ3n) is 4.64. The summed E-state index contributed by atoms with van der Waals surface area (Å²) in [6, 6.07) is 6.38. The minimum Gasteiger partial charge on any atom is -0.481 e. The second kappa shape index (κ2) is 7.88. The number of carboxylic acids is 1. The molecule has 0 aromatic heterocycles. The highest BCUT2D eigenvalue weighted by atomic mass is 35.5. The molecule has 1 aliphatic heterocycles. The monoisotopic (exact) mass is 386 g/mol. The van der Waals surface area contributed by atoms with E-state index in [2.05, 4.69) is 5.10 Å². The molecule has 1 aromatic rings. The number of rotatable bonds is 6. The number of nitrogens with zero attached hydrogens (tertiary/aromatic N) is 2. The number of hydrogen-bond acceptors (Lipinski definition) is 5. The number of hydrazone groups is 1. The normalized spacial score (nSPS) is 20.3. The van der Waals surface area contributed by atoms with Crippen molar-refractivity contribution in [3.8, 4) is 0 Å². The van der Waals surface area contributed by atoms with Gasteiger partial charge in [-0.15, -0.1) is 0 Å². The zero-order valence-electron chi connectivity index (χ0n) is 14.8. The molecule has 6 nitrogen and oxygen atoms in total. The first kappa shape index (κ1) is 19.0. The van der Waals surface area contributed by atoms with Gasteiger partial charge in [-0.05, 0) is 37.3 Å². The fraction of sp³-hybridized carbons (Fsp3) is 0.300. The van der Waals surface area contributed by atoms with Crippen LogP contribution in [0.2, 0.25) is 5.02 Å². The first-order chi connectivity index (χ1) is 12.8. The molecule has 0 amide bonds. The maximum Gasteiger partial charge on any atom is 0.307 e. The van der Waals surface area contributed by atoms with Crippen LogP contribution in [-0.4, -0.2) is 40.4 Å². The lowest BCUT2D eigenvalue weighted by Crippen LogP contribution is -2.31. The molecule has 0 radical (unpaired) electrons. The summed E-state index contributed by atoms with van der Waals surface area (Å²) >= 11 is 5.82. The van der Waals surface area contributed by atoms with Crippen molar-refractivity contribution in [1.82, 2.24) is 5.01 Å². The number of aliphatic carboxylic acids is 1. The van der Waals surface area contributed by atoms with Crippen LogP contribution in [0.5, 0.6) is 0 Å². The number of hydrogen-bond donors (Lipinski definition) is 1. The van der Waals surface area contributed by atoms with Crippen LogP contribution in [0.25, 0.3) is 0 Å². The fourth-order valence-corrected chi connectivity index (χ4v) is 3.35. The third-order valence-corrected chi connectivity index (χ3v) is 4.89. The van der Waals surface area contributed by atoms with Gasteiger partial charge in [0.05, 0.1) is 18.2 Å². The maximum atomic E-state index is 12.5. The van der Waals surface area contributed by atoms with E-state index in [1.807, 2.05) is 13.0 Å². The minimum absolute atomic E-state index is 0.00338. The molecule has 2 unspecified atom stereocenters. The SMILES string of the molecule is CC1=CC(N2CC(C(CC(=O)c3ccc(Cl)cc3)C(=O)O)C=N2)=CC(=O)C1. The van der Waals surface area contributed by atoms with Crippen LogP contribution in [0.4, 0.5) is 0 Å². The summed E-state index contributed by atoms with van der Waals surface area (Å²) in [4.78, 5) is 36.0. The average molecular weight is 387 g/mol. The highest BCUT2D eigenvalue weighted by Gasteiger charge is 2.34. The van der Waals surface area contributed by atoms with Crippen LogP contribution in [0.3, 0.4) is 0 Å². The Morgan fingerprint density at radius 2 is 2.00 bits per heavy atom. The lowest BCUT2D eigenvalue weighted by Gasteiger charge is -2.22. The van der Waals surface area contributed by atoms with Crippen molar-refractivity contribution < 1.29 is 19.5 Å². The molecule has 1 N–H and O–H groups in total. The van der Waals surface area contributed by atoms with Crippen molar-refractivity contribution in [2.75, 3.05) is 6.54 Å². The highest BCUT2D eigenvalue weighted by Crippen LogP contribution is 2.27. The predicted octanol–water partition coefficient (Wildman–Crippen LogP) is 3.33. The van der Waals surface area contributed by atoms with Gasteiger partial charge in [0.15, 0.2) is 11.6 Å². The van der Waals surface area contributed by atoms with Crippen LogP contribution in [0.1, 0.15) is 30.1 Å². The molecule has 27 heavy (non-hydrogen) atoms. The van der Waals surface area contributed by atoms with Gasteiger partial charge in [-0.2, -0.15) is 5.10 Å². The number of allylic oxidation sites excluding steroid dienone is 3. The van der Waals surface area contributed by atoms with Crippen LogP contribution in [0.15, 0.2) is 52.8 Å². The van der Waals surface area contributed by atoms with Crippen molar-refractivity contribution in [2.45, 2.75) is 19.8 Å². The molecule has 0 spiro atoms. The van der Waals surface area contributed by atoms with Gasteiger partial charge in [-0.1, -0.05) is 17.2 Å². The summed E-state index contributed by atoms with van der Waals surface area (Å²) in [5, 5.41) is 16.0. The fourth-order valence-electron chi connectivity index (χ4n) is 3.22. The zero-order chi connectivity index (χ0) is 19.6. The molecule has 1 aliphatic carbocycles. The van der Waals surface area contributed by atoms with Crippen LogP contribution in [0, 0.1) is 11.8 Å². The topological polar surface area (TPSA) is 87.0 Å². The highest BCUT2D eigenvalue weighted by molar-refractivity contribution is 6.30. The number of benzene rings is 1. The Balaban J connectivity index is 1.71. The van der Waals surface area contributed by atoms with Crippen molar-refractivity contribution in [3.05, 3.63) is 58.3 Å². The Bertz CT molecular complexity index is 870. The average Bonchev–Trinajstić information content (AvgIpc) is 3.08. The molecule has 1 aromatic carbocycles. The van der Waals surface area contributed by atoms with Crippen molar-refractivity contribution in [3.63, 3.8) is 0 Å². The molecule has 0 saturated carbocycles. The number of carbonyl (C=O) groups is 3. The molecule has 2 aliphatic rings. The van der Waals surface area contributed by atoms with Crippen LogP contribution < -0.4 is 0 Å². The summed E-state index contributed by atoms with van der Waals surface area (Å²) < 4.78 is 0. The van der Waals surface area contributed by atoms with Crippen LogP contribution in [-0.2, 0) is 9.59 Å². The second-order valence-electron chi connectivity index (χ2n) is 6.79. The molecule has 7 heteroatoms. The molecule has 0 bridgehead atoms. The third kappa shape index (κ3) is 4.52. The largest absolute Gasteiger partial charge is 0.481 e. The molecular weight excluding hydrogens is 368 g/mol. The lowest BCUT2D eigenvalue weighted by atomic mass is 9.87. The smallest absolute Gasteiger partial charge is 0.307 e. The van der Waals surface area contributed by atoms with Gasteiger partial charge < -0.3 is 5.11 Å². The van der Waals surface area contributed by atoms with Gasteiger partial charge in [0, 0.05) is 41.6 Å². The second-order valence-corrected chi connectivity index (χ2v) is 7.23. The zero-order valence-corrected chi connectivity index (χ0v) is 15.5. The van der Waals surface area contributed by atoms with Crippen molar-refractivity contribution >= 4 is 35.4 Å². The standard InChI is InChI=1S/C20H19ClN2O4/c1-12-6-16(8-17(24)7-12)23-11-14(10-22-23)18(20(26)27)9-19(25)13-2-4-15(21)5-3-13/h2-6,8,10,14,18H,7,9,11H2,1H3,(H,26,27). The first-order valence-electron chi connectivity index (χ1n) is 8.58. The summed E-state index contributed by atoms with van der Waals surface area (Å²) in [6.07, 6.45) is 5.19. The maximum absolute atomic E-state index is 12.5. The Morgan fingerprint density at radius 1 is 1.30 bits per heavy atom. The minimum atomic E-state index is -1.05. The lowest BCUT2D eigenvalue weighted by molar-refractivity contribution is -0.142. The van der Waals surface area contributed by atoms with Crippen LogP contribution >= 0.6 is 11.6 Å². The molecule has 2 atom stereocenters. The summed E-state index contributed by atoms with van der Waals surface area (Å²) in [5.41, 5.74) is 2.01. The summed E-state index contributed by atoms with van der Waals surface area (Å²) in [6.45, 7) is 2.18. The molecule has 0 fully saturated rings. The van der Waals surface area contributed by atoms with E-state index in [4.69, 9.17) is 11.6 Å². The predicted molar refractivity (Wildman–Crippen MR) is 102 cm³/mol. The Labute approximate surface area is 161 Å². The number of carboxylic acid groups (broad SMARTS) is 1. The number of halogens is 1. The van der Waals surface area contributed by atoms with E-state index in [-0.39, 0.29) is 18.0 Å². The quantitative estimate of drug-likeness (QED) is 0.757.